The number of carbonyl (C=O) groups excluding carboxylic acids is 2. The lowest BCUT2D eigenvalue weighted by Crippen LogP contribution is -2.19. The van der Waals surface area contributed by atoms with E-state index in [4.69, 9.17) is 15.0 Å². The van der Waals surface area contributed by atoms with E-state index in [1.54, 1.807) is 12.2 Å². The van der Waals surface area contributed by atoms with E-state index in [2.05, 4.69) is 70.6 Å². The Morgan fingerprint density at radius 2 is 1.74 bits per heavy atom. The Morgan fingerprint density at radius 1 is 1.06 bits per heavy atom. The molecule has 0 aliphatic heterocycles. The van der Waals surface area contributed by atoms with Crippen LogP contribution in [0.4, 0.5) is 16.2 Å². The monoisotopic (exact) mass is 650 g/mol. The number of nitro groups is 1. The number of amides is 1. The Balaban J connectivity index is 0.000000508. The first kappa shape index (κ1) is 39.8. The first-order valence-electron chi connectivity index (χ1n) is 15.0. The fourth-order valence-electron chi connectivity index (χ4n) is 3.96. The SMILES string of the molecule is C=C(C)c1ccccc1N(C)CCCCCc1cc(COCCC(=O)OC)on1.C=CC=C.NC(=O)OCc1ccc([N+](=O)[O-])cc1. The van der Waals surface area contributed by atoms with Crippen molar-refractivity contribution in [2.75, 3.05) is 32.2 Å². The van der Waals surface area contributed by atoms with Crippen LogP contribution in [-0.2, 0) is 38.6 Å². The largest absolute Gasteiger partial charge is 0.469 e. The number of primary amides is 1. The average molecular weight is 651 g/mol. The molecule has 12 nitrogen and oxygen atoms in total. The predicted molar refractivity (Wildman–Crippen MR) is 183 cm³/mol. The lowest BCUT2D eigenvalue weighted by Gasteiger charge is -2.22. The molecule has 0 saturated carbocycles. The summed E-state index contributed by atoms with van der Waals surface area (Å²) in [5.74, 6) is 0.401. The number of benzene rings is 2. The minimum atomic E-state index is -0.872. The molecule has 1 aromatic heterocycles. The Bertz CT molecular complexity index is 1410. The standard InChI is InChI=1S/C23H32N2O4.C8H8N2O4.C4H6/c1-18(2)21-11-7-8-12-22(21)25(3)14-9-5-6-10-19-16-20(29-24-19)17-28-15-13-23(26)27-4;9-8(11)14-5-6-1-3-7(4-2-6)10(12)13;1-3-4-2/h7-8,11-12,16H,1,5-6,9-10,13-15,17H2,2-4H3;1-4H,5H2,(H2,9,11);3-4H,1-2H2. The van der Waals surface area contributed by atoms with Gasteiger partial charge in [-0.15, -0.1) is 0 Å². The molecule has 1 amide bonds. The van der Waals surface area contributed by atoms with Gasteiger partial charge in [-0.1, -0.05) is 61.7 Å². The zero-order chi connectivity index (χ0) is 35.0. The van der Waals surface area contributed by atoms with E-state index >= 15 is 0 Å². The minimum Gasteiger partial charge on any atom is -0.469 e. The first-order chi connectivity index (χ1) is 22.5. The molecule has 3 rings (SSSR count). The average Bonchev–Trinajstić information content (AvgIpc) is 3.53. The summed E-state index contributed by atoms with van der Waals surface area (Å²) >= 11 is 0. The second-order valence-corrected chi connectivity index (χ2v) is 10.2. The van der Waals surface area contributed by atoms with Crippen molar-refractivity contribution in [1.29, 1.82) is 0 Å². The number of para-hydroxylation sites is 1. The van der Waals surface area contributed by atoms with Gasteiger partial charge in [-0.05, 0) is 55.5 Å². The third-order valence-corrected chi connectivity index (χ3v) is 6.43. The molecular weight excluding hydrogens is 604 g/mol. The molecule has 0 fully saturated rings. The van der Waals surface area contributed by atoms with E-state index < -0.39 is 11.0 Å². The van der Waals surface area contributed by atoms with Crippen molar-refractivity contribution in [3.63, 3.8) is 0 Å². The van der Waals surface area contributed by atoms with Gasteiger partial charge in [-0.3, -0.25) is 14.9 Å². The number of carbonyl (C=O) groups is 2. The van der Waals surface area contributed by atoms with Crippen molar-refractivity contribution < 1.29 is 33.2 Å². The highest BCUT2D eigenvalue weighted by molar-refractivity contribution is 5.74. The lowest BCUT2D eigenvalue weighted by atomic mass is 10.1. The van der Waals surface area contributed by atoms with Crippen LogP contribution in [0.1, 0.15) is 55.2 Å². The normalized spacial score (nSPS) is 9.85. The highest BCUT2D eigenvalue weighted by Crippen LogP contribution is 2.25. The van der Waals surface area contributed by atoms with Gasteiger partial charge in [-0.2, -0.15) is 0 Å². The molecule has 3 aromatic rings. The third kappa shape index (κ3) is 17.2. The summed E-state index contributed by atoms with van der Waals surface area (Å²) in [6, 6.07) is 16.0. The van der Waals surface area contributed by atoms with Crippen molar-refractivity contribution in [3.05, 3.63) is 119 Å². The molecule has 47 heavy (non-hydrogen) atoms. The number of esters is 1. The highest BCUT2D eigenvalue weighted by atomic mass is 16.6. The molecule has 0 radical (unpaired) electrons. The van der Waals surface area contributed by atoms with Gasteiger partial charge in [0.15, 0.2) is 5.76 Å². The van der Waals surface area contributed by atoms with Gasteiger partial charge in [0.1, 0.15) is 13.2 Å². The number of non-ortho nitro benzene ring substituents is 1. The maximum atomic E-state index is 11.0. The number of rotatable bonds is 17. The van der Waals surface area contributed by atoms with Crippen LogP contribution in [-0.4, -0.2) is 49.5 Å². The molecule has 0 spiro atoms. The maximum Gasteiger partial charge on any atom is 0.404 e. The Labute approximate surface area is 276 Å². The van der Waals surface area contributed by atoms with Crippen LogP contribution in [0.3, 0.4) is 0 Å². The van der Waals surface area contributed by atoms with Crippen LogP contribution >= 0.6 is 0 Å². The fourth-order valence-corrected chi connectivity index (χ4v) is 3.96. The van der Waals surface area contributed by atoms with Gasteiger partial charge in [-0.25, -0.2) is 4.79 Å². The Kier molecular flexibility index (Phi) is 19.6. The number of nitrogens with two attached hydrogens (primary N) is 1. The molecule has 0 bridgehead atoms. The van der Waals surface area contributed by atoms with Gasteiger partial charge >= 0.3 is 12.1 Å². The number of nitro benzene ring substituents is 1. The molecular formula is C35H46N4O8. The van der Waals surface area contributed by atoms with Gasteiger partial charge < -0.3 is 29.4 Å². The van der Waals surface area contributed by atoms with E-state index in [0.29, 0.717) is 24.5 Å². The first-order valence-corrected chi connectivity index (χ1v) is 15.0. The van der Waals surface area contributed by atoms with Crippen molar-refractivity contribution in [1.82, 2.24) is 5.16 Å². The van der Waals surface area contributed by atoms with E-state index in [0.717, 1.165) is 43.5 Å². The zero-order valence-electron chi connectivity index (χ0n) is 27.5. The topological polar surface area (TPSA) is 160 Å². The van der Waals surface area contributed by atoms with Crippen molar-refractivity contribution in [2.24, 2.45) is 5.73 Å². The van der Waals surface area contributed by atoms with Crippen molar-refractivity contribution in [2.45, 2.75) is 52.2 Å². The molecule has 12 heteroatoms. The number of aromatic nitrogens is 1. The van der Waals surface area contributed by atoms with E-state index in [1.165, 1.54) is 42.6 Å². The Hall–Kier alpha value is -5.23. The number of allylic oxidation sites excluding steroid dienone is 3. The number of anilines is 1. The third-order valence-electron chi connectivity index (χ3n) is 6.43. The van der Waals surface area contributed by atoms with Crippen molar-refractivity contribution in [3.8, 4) is 0 Å². The fraction of sp³-hybridized carbons (Fsp3) is 0.343. The highest BCUT2D eigenvalue weighted by Gasteiger charge is 2.09. The molecule has 1 heterocycles. The van der Waals surface area contributed by atoms with E-state index in [9.17, 15) is 19.7 Å². The molecule has 254 valence electrons. The number of ether oxygens (including phenoxy) is 3. The number of hydrogen-bond acceptors (Lipinski definition) is 10. The lowest BCUT2D eigenvalue weighted by molar-refractivity contribution is -0.384. The molecule has 0 unspecified atom stereocenters. The van der Waals surface area contributed by atoms with Crippen LogP contribution in [0.25, 0.3) is 5.57 Å². The zero-order valence-corrected chi connectivity index (χ0v) is 27.5. The molecule has 0 aliphatic carbocycles. The number of hydrogen-bond donors (Lipinski definition) is 1. The molecule has 2 aromatic carbocycles. The van der Waals surface area contributed by atoms with Crippen LogP contribution < -0.4 is 10.6 Å². The van der Waals surface area contributed by atoms with Crippen LogP contribution in [0.5, 0.6) is 0 Å². The molecule has 0 saturated heterocycles. The van der Waals surface area contributed by atoms with Crippen LogP contribution in [0.15, 0.2) is 91.0 Å². The van der Waals surface area contributed by atoms with Gasteiger partial charge in [0.25, 0.3) is 5.69 Å². The molecule has 0 aliphatic rings. The maximum absolute atomic E-state index is 11.0. The summed E-state index contributed by atoms with van der Waals surface area (Å²) in [5.41, 5.74) is 9.86. The smallest absolute Gasteiger partial charge is 0.404 e. The summed E-state index contributed by atoms with van der Waals surface area (Å²) in [6.07, 6.45) is 6.83. The second-order valence-electron chi connectivity index (χ2n) is 10.2. The number of aryl methyl sites for hydroxylation is 1. The summed E-state index contributed by atoms with van der Waals surface area (Å²) in [4.78, 5) is 33.3. The summed E-state index contributed by atoms with van der Waals surface area (Å²) in [5, 5.41) is 14.4. The predicted octanol–water partition coefficient (Wildman–Crippen LogP) is 7.19. The van der Waals surface area contributed by atoms with Gasteiger partial charge in [0.2, 0.25) is 0 Å². The van der Waals surface area contributed by atoms with Gasteiger partial charge in [0, 0.05) is 43.0 Å². The number of nitrogens with zero attached hydrogens (tertiary/aromatic N) is 3. The van der Waals surface area contributed by atoms with Crippen LogP contribution in [0.2, 0.25) is 0 Å². The van der Waals surface area contributed by atoms with Crippen molar-refractivity contribution >= 4 is 29.0 Å². The number of methoxy groups -OCH3 is 1. The Morgan fingerprint density at radius 3 is 2.34 bits per heavy atom. The van der Waals surface area contributed by atoms with Crippen LogP contribution in [0, 0.1) is 10.1 Å². The second kappa shape index (κ2) is 23.2. The van der Waals surface area contributed by atoms with E-state index in [1.807, 2.05) is 13.0 Å². The number of unbranched alkanes of at least 4 members (excludes halogenated alkanes) is 2. The minimum absolute atomic E-state index is 0.00664. The molecule has 2 N–H and O–H groups in total. The van der Waals surface area contributed by atoms with E-state index in [-0.39, 0.29) is 24.7 Å². The van der Waals surface area contributed by atoms with Gasteiger partial charge in [0.05, 0.1) is 30.8 Å². The molecule has 0 atom stereocenters. The quantitative estimate of drug-likeness (QED) is 0.0521. The summed E-state index contributed by atoms with van der Waals surface area (Å²) < 4.78 is 19.7. The summed E-state index contributed by atoms with van der Waals surface area (Å²) in [7, 11) is 3.50. The summed E-state index contributed by atoms with van der Waals surface area (Å²) in [6.45, 7) is 14.5.